The molecule has 0 unspecified atom stereocenters. The fraction of sp³-hybridized carbons (Fsp3) is 0.263. The predicted octanol–water partition coefficient (Wildman–Crippen LogP) is 5.74. The van der Waals surface area contributed by atoms with Gasteiger partial charge in [0, 0.05) is 40.4 Å². The first-order valence-electron chi connectivity index (χ1n) is 7.82. The minimum Gasteiger partial charge on any atom is -0.496 e. The van der Waals surface area contributed by atoms with Crippen LogP contribution in [0, 0.1) is 0 Å². The molecule has 0 saturated carbocycles. The lowest BCUT2D eigenvalue weighted by Gasteiger charge is -2.20. The Morgan fingerprint density at radius 3 is 2.16 bits per heavy atom. The van der Waals surface area contributed by atoms with Crippen molar-refractivity contribution in [2.45, 2.75) is 19.8 Å². The summed E-state index contributed by atoms with van der Waals surface area (Å²) in [5, 5.41) is 2.80. The number of nitrogens with zero attached hydrogens (tertiary/aromatic N) is 2. The molecular weight excluding hydrogens is 359 g/mol. The van der Waals surface area contributed by atoms with Gasteiger partial charge in [0.2, 0.25) is 0 Å². The van der Waals surface area contributed by atoms with Crippen LogP contribution in [0.15, 0.2) is 30.6 Å². The average Bonchev–Trinajstić information content (AvgIpc) is 2.60. The quantitative estimate of drug-likeness (QED) is 0.544. The molecule has 25 heavy (non-hydrogen) atoms. The zero-order valence-electron chi connectivity index (χ0n) is 14.4. The maximum Gasteiger partial charge on any atom is 0.141 e. The van der Waals surface area contributed by atoms with Crippen LogP contribution in [-0.4, -0.2) is 24.2 Å². The third-order valence-corrected chi connectivity index (χ3v) is 4.66. The second kappa shape index (κ2) is 7.06. The van der Waals surface area contributed by atoms with Crippen LogP contribution in [0.1, 0.15) is 25.3 Å². The van der Waals surface area contributed by atoms with E-state index in [1.165, 1.54) is 0 Å². The van der Waals surface area contributed by atoms with Crippen molar-refractivity contribution in [2.24, 2.45) is 0 Å². The summed E-state index contributed by atoms with van der Waals surface area (Å²) in [6, 6.07) is 5.54. The maximum absolute atomic E-state index is 6.64. The number of fused-ring (bicyclic) bond motifs is 1. The summed E-state index contributed by atoms with van der Waals surface area (Å²) in [5.41, 5.74) is 2.54. The second-order valence-corrected chi connectivity index (χ2v) is 6.73. The van der Waals surface area contributed by atoms with Crippen LogP contribution < -0.4 is 9.47 Å². The molecule has 0 spiro atoms. The van der Waals surface area contributed by atoms with E-state index in [1.54, 1.807) is 32.7 Å². The van der Waals surface area contributed by atoms with Crippen molar-refractivity contribution in [3.63, 3.8) is 0 Å². The average molecular weight is 377 g/mol. The topological polar surface area (TPSA) is 44.2 Å². The molecule has 130 valence electrons. The third kappa shape index (κ3) is 3.24. The van der Waals surface area contributed by atoms with Gasteiger partial charge in [0.25, 0.3) is 0 Å². The molecule has 3 aromatic rings. The summed E-state index contributed by atoms with van der Waals surface area (Å²) in [6.07, 6.45) is 3.49. The summed E-state index contributed by atoms with van der Waals surface area (Å²) < 4.78 is 11.0. The van der Waals surface area contributed by atoms with Crippen LogP contribution in [0.4, 0.5) is 0 Å². The molecule has 0 amide bonds. The van der Waals surface area contributed by atoms with E-state index in [0.29, 0.717) is 15.9 Å². The molecule has 0 aliphatic heterocycles. The highest BCUT2D eigenvalue weighted by Gasteiger charge is 2.22. The highest BCUT2D eigenvalue weighted by Crippen LogP contribution is 2.45. The van der Waals surface area contributed by atoms with E-state index in [2.05, 4.69) is 23.8 Å². The SMILES string of the molecule is COc1cc(OC)c(C(C)C)c(-c2cc3cnc(Cl)cc3cn2)c1Cl. The van der Waals surface area contributed by atoms with Gasteiger partial charge in [-0.25, -0.2) is 4.98 Å². The Labute approximate surface area is 156 Å². The molecule has 0 saturated heterocycles. The van der Waals surface area contributed by atoms with Crippen molar-refractivity contribution in [1.82, 2.24) is 9.97 Å². The van der Waals surface area contributed by atoms with Gasteiger partial charge in [-0.3, -0.25) is 4.98 Å². The van der Waals surface area contributed by atoms with Crippen LogP contribution in [0.3, 0.4) is 0 Å². The molecule has 0 N–H and O–H groups in total. The van der Waals surface area contributed by atoms with Crippen LogP contribution in [0.5, 0.6) is 11.5 Å². The minimum atomic E-state index is 0.189. The van der Waals surface area contributed by atoms with E-state index in [9.17, 15) is 0 Å². The molecule has 2 heterocycles. The Balaban J connectivity index is 2.33. The Bertz CT molecular complexity index is 942. The number of benzene rings is 1. The number of hydrogen-bond donors (Lipinski definition) is 0. The maximum atomic E-state index is 6.64. The monoisotopic (exact) mass is 376 g/mol. The fourth-order valence-corrected chi connectivity index (χ4v) is 3.41. The number of halogens is 2. The number of pyridine rings is 2. The van der Waals surface area contributed by atoms with Crippen molar-refractivity contribution in [2.75, 3.05) is 14.2 Å². The van der Waals surface area contributed by atoms with Crippen molar-refractivity contribution in [3.8, 4) is 22.8 Å². The fourth-order valence-electron chi connectivity index (χ4n) is 2.91. The molecule has 0 radical (unpaired) electrons. The minimum absolute atomic E-state index is 0.189. The van der Waals surface area contributed by atoms with Gasteiger partial charge in [-0.15, -0.1) is 0 Å². The molecular formula is C19H18Cl2N2O2. The summed E-state index contributed by atoms with van der Waals surface area (Å²) in [7, 11) is 3.22. The number of aromatic nitrogens is 2. The molecule has 6 heteroatoms. The molecule has 0 aliphatic carbocycles. The van der Waals surface area contributed by atoms with E-state index >= 15 is 0 Å². The largest absolute Gasteiger partial charge is 0.496 e. The lowest BCUT2D eigenvalue weighted by molar-refractivity contribution is 0.390. The molecule has 3 rings (SSSR count). The van der Waals surface area contributed by atoms with Gasteiger partial charge < -0.3 is 9.47 Å². The van der Waals surface area contributed by atoms with Gasteiger partial charge >= 0.3 is 0 Å². The summed E-state index contributed by atoms with van der Waals surface area (Å²) in [6.45, 7) is 4.18. The Morgan fingerprint density at radius 2 is 1.52 bits per heavy atom. The van der Waals surface area contributed by atoms with Crippen LogP contribution in [0.2, 0.25) is 10.2 Å². The highest BCUT2D eigenvalue weighted by molar-refractivity contribution is 6.35. The zero-order valence-corrected chi connectivity index (χ0v) is 15.9. The van der Waals surface area contributed by atoms with E-state index in [0.717, 1.165) is 33.3 Å². The number of methoxy groups -OCH3 is 2. The Hall–Kier alpha value is -2.04. The third-order valence-electron chi connectivity index (χ3n) is 4.08. The van der Waals surface area contributed by atoms with Crippen LogP contribution >= 0.6 is 23.2 Å². The smallest absolute Gasteiger partial charge is 0.141 e. The summed E-state index contributed by atoms with van der Waals surface area (Å²) in [5.74, 6) is 1.46. The standard InChI is InChI=1S/C19H18Cl2N2O2/c1-10(2)17-14(24-3)7-15(25-4)19(21)18(17)13-5-11-9-23-16(20)6-12(11)8-22-13/h5-10H,1-4H3. The van der Waals surface area contributed by atoms with Gasteiger partial charge in [-0.2, -0.15) is 0 Å². The lowest BCUT2D eigenvalue weighted by Crippen LogP contribution is -2.01. The first-order chi connectivity index (χ1) is 12.0. The molecule has 1 aromatic carbocycles. The van der Waals surface area contributed by atoms with E-state index < -0.39 is 0 Å². The highest BCUT2D eigenvalue weighted by atomic mass is 35.5. The summed E-state index contributed by atoms with van der Waals surface area (Å²) >= 11 is 12.6. The van der Waals surface area contributed by atoms with Crippen molar-refractivity contribution in [1.29, 1.82) is 0 Å². The van der Waals surface area contributed by atoms with E-state index in [-0.39, 0.29) is 5.92 Å². The lowest BCUT2D eigenvalue weighted by atomic mass is 9.93. The van der Waals surface area contributed by atoms with Crippen LogP contribution in [0.25, 0.3) is 22.0 Å². The van der Waals surface area contributed by atoms with Gasteiger partial charge in [0.05, 0.1) is 24.9 Å². The van der Waals surface area contributed by atoms with Crippen LogP contribution in [-0.2, 0) is 0 Å². The van der Waals surface area contributed by atoms with E-state index in [4.69, 9.17) is 32.7 Å². The molecule has 4 nitrogen and oxygen atoms in total. The van der Waals surface area contributed by atoms with Crippen molar-refractivity contribution < 1.29 is 9.47 Å². The second-order valence-electron chi connectivity index (χ2n) is 5.96. The number of hydrogen-bond acceptors (Lipinski definition) is 4. The zero-order chi connectivity index (χ0) is 18.1. The summed E-state index contributed by atoms with van der Waals surface area (Å²) in [4.78, 5) is 8.74. The van der Waals surface area contributed by atoms with Gasteiger partial charge in [0.15, 0.2) is 0 Å². The Kier molecular flexibility index (Phi) is 5.02. The normalized spacial score (nSPS) is 11.2. The first kappa shape index (κ1) is 17.8. The number of ether oxygens (including phenoxy) is 2. The van der Waals surface area contributed by atoms with Crippen molar-refractivity contribution >= 4 is 34.0 Å². The van der Waals surface area contributed by atoms with Gasteiger partial charge in [-0.1, -0.05) is 37.0 Å². The van der Waals surface area contributed by atoms with E-state index in [1.807, 2.05) is 12.1 Å². The van der Waals surface area contributed by atoms with Gasteiger partial charge in [-0.05, 0) is 18.1 Å². The van der Waals surface area contributed by atoms with Gasteiger partial charge in [0.1, 0.15) is 16.7 Å². The molecule has 0 fully saturated rings. The number of rotatable bonds is 4. The predicted molar refractivity (Wildman–Crippen MR) is 102 cm³/mol. The molecule has 0 bridgehead atoms. The first-order valence-corrected chi connectivity index (χ1v) is 8.58. The molecule has 0 aliphatic rings. The molecule has 0 atom stereocenters. The Morgan fingerprint density at radius 1 is 0.880 bits per heavy atom. The molecule has 2 aromatic heterocycles. The van der Waals surface area contributed by atoms with Crippen molar-refractivity contribution in [3.05, 3.63) is 46.3 Å².